The molecule has 0 saturated carbocycles. The van der Waals surface area contributed by atoms with E-state index in [1.165, 1.54) is 6.07 Å². The highest BCUT2D eigenvalue weighted by atomic mass is 19.2. The Hall–Kier alpha value is -1.75. The Morgan fingerprint density at radius 2 is 1.94 bits per heavy atom. The molecule has 0 radical (unpaired) electrons. The van der Waals surface area contributed by atoms with Gasteiger partial charge in [-0.25, -0.2) is 8.78 Å². The third-order valence-corrected chi connectivity index (χ3v) is 2.90. The van der Waals surface area contributed by atoms with Crippen molar-refractivity contribution in [2.45, 2.75) is 26.9 Å². The first-order chi connectivity index (χ1) is 8.58. The van der Waals surface area contributed by atoms with Gasteiger partial charge in [0, 0.05) is 24.3 Å². The first-order valence-electron chi connectivity index (χ1n) is 5.73. The quantitative estimate of drug-likeness (QED) is 0.877. The molecule has 0 atom stereocenters. The maximum Gasteiger partial charge on any atom is 0.159 e. The van der Waals surface area contributed by atoms with Gasteiger partial charge in [0.05, 0.1) is 5.69 Å². The SMILES string of the molecule is Cc1n[nH]c(C)c1CNCc1ccc(F)c(F)c1. The summed E-state index contributed by atoms with van der Waals surface area (Å²) in [6, 6.07) is 3.92. The summed E-state index contributed by atoms with van der Waals surface area (Å²) in [6.45, 7) is 5.01. The Balaban J connectivity index is 1.94. The molecule has 3 nitrogen and oxygen atoms in total. The van der Waals surface area contributed by atoms with Crippen LogP contribution in [0.1, 0.15) is 22.5 Å². The number of halogens is 2. The van der Waals surface area contributed by atoms with Crippen LogP contribution in [0.25, 0.3) is 0 Å². The fourth-order valence-electron chi connectivity index (χ4n) is 1.82. The van der Waals surface area contributed by atoms with Crippen LogP contribution in [0.5, 0.6) is 0 Å². The van der Waals surface area contributed by atoms with Gasteiger partial charge in [0.15, 0.2) is 11.6 Å². The van der Waals surface area contributed by atoms with Crippen LogP contribution >= 0.6 is 0 Å². The predicted octanol–water partition coefficient (Wildman–Crippen LogP) is 2.59. The molecule has 5 heteroatoms. The van der Waals surface area contributed by atoms with Crippen LogP contribution in [0, 0.1) is 25.5 Å². The van der Waals surface area contributed by atoms with Gasteiger partial charge in [-0.3, -0.25) is 5.10 Å². The number of H-pyrrole nitrogens is 1. The molecule has 0 fully saturated rings. The van der Waals surface area contributed by atoms with Gasteiger partial charge in [0.2, 0.25) is 0 Å². The van der Waals surface area contributed by atoms with E-state index in [-0.39, 0.29) is 0 Å². The first-order valence-corrected chi connectivity index (χ1v) is 5.73. The molecular formula is C13H15F2N3. The van der Waals surface area contributed by atoms with Gasteiger partial charge < -0.3 is 5.32 Å². The van der Waals surface area contributed by atoms with Crippen molar-refractivity contribution in [3.8, 4) is 0 Å². The lowest BCUT2D eigenvalue weighted by molar-refractivity contribution is 0.506. The van der Waals surface area contributed by atoms with E-state index in [9.17, 15) is 8.78 Å². The molecular weight excluding hydrogens is 236 g/mol. The van der Waals surface area contributed by atoms with Crippen LogP contribution in [0.3, 0.4) is 0 Å². The Morgan fingerprint density at radius 1 is 1.17 bits per heavy atom. The minimum absolute atomic E-state index is 0.487. The number of hydrogen-bond donors (Lipinski definition) is 2. The van der Waals surface area contributed by atoms with E-state index >= 15 is 0 Å². The smallest absolute Gasteiger partial charge is 0.159 e. The molecule has 1 aromatic heterocycles. The highest BCUT2D eigenvalue weighted by molar-refractivity contribution is 5.23. The minimum Gasteiger partial charge on any atom is -0.308 e. The maximum atomic E-state index is 13.0. The van der Waals surface area contributed by atoms with Gasteiger partial charge in [-0.05, 0) is 31.5 Å². The van der Waals surface area contributed by atoms with E-state index in [1.807, 2.05) is 13.8 Å². The molecule has 0 aliphatic rings. The highest BCUT2D eigenvalue weighted by Crippen LogP contribution is 2.11. The molecule has 0 spiro atoms. The molecule has 0 aliphatic carbocycles. The first kappa shape index (κ1) is 12.7. The number of hydrogen-bond acceptors (Lipinski definition) is 2. The van der Waals surface area contributed by atoms with Crippen molar-refractivity contribution in [1.29, 1.82) is 0 Å². The predicted molar refractivity (Wildman–Crippen MR) is 65.0 cm³/mol. The zero-order chi connectivity index (χ0) is 13.1. The summed E-state index contributed by atoms with van der Waals surface area (Å²) < 4.78 is 25.7. The number of aromatic amines is 1. The summed E-state index contributed by atoms with van der Waals surface area (Å²) in [4.78, 5) is 0. The largest absolute Gasteiger partial charge is 0.308 e. The van der Waals surface area contributed by atoms with Crippen molar-refractivity contribution >= 4 is 0 Å². The molecule has 0 aliphatic heterocycles. The van der Waals surface area contributed by atoms with E-state index in [1.54, 1.807) is 6.07 Å². The third-order valence-electron chi connectivity index (χ3n) is 2.90. The zero-order valence-electron chi connectivity index (χ0n) is 10.3. The number of rotatable bonds is 4. The molecule has 0 unspecified atom stereocenters. The average molecular weight is 251 g/mol. The molecule has 96 valence electrons. The van der Waals surface area contributed by atoms with Crippen LogP contribution in [-0.2, 0) is 13.1 Å². The van der Waals surface area contributed by atoms with Crippen molar-refractivity contribution in [2.75, 3.05) is 0 Å². The Labute approximate surface area is 104 Å². The van der Waals surface area contributed by atoms with Crippen molar-refractivity contribution < 1.29 is 8.78 Å². The number of aryl methyl sites for hydroxylation is 2. The summed E-state index contributed by atoms with van der Waals surface area (Å²) in [6.07, 6.45) is 0. The van der Waals surface area contributed by atoms with Crippen LogP contribution in [0.15, 0.2) is 18.2 Å². The number of benzene rings is 1. The van der Waals surface area contributed by atoms with Crippen LogP contribution in [0.2, 0.25) is 0 Å². The van der Waals surface area contributed by atoms with Crippen molar-refractivity contribution in [3.63, 3.8) is 0 Å². The lowest BCUT2D eigenvalue weighted by Gasteiger charge is -2.05. The van der Waals surface area contributed by atoms with Crippen LogP contribution < -0.4 is 5.32 Å². The van der Waals surface area contributed by atoms with E-state index < -0.39 is 11.6 Å². The normalized spacial score (nSPS) is 10.9. The molecule has 0 amide bonds. The fraction of sp³-hybridized carbons (Fsp3) is 0.308. The summed E-state index contributed by atoms with van der Waals surface area (Å²) >= 11 is 0. The second kappa shape index (κ2) is 5.27. The lowest BCUT2D eigenvalue weighted by Crippen LogP contribution is -2.14. The van der Waals surface area contributed by atoms with Gasteiger partial charge in [-0.2, -0.15) is 5.10 Å². The molecule has 0 saturated heterocycles. The van der Waals surface area contributed by atoms with Crippen LogP contribution in [-0.4, -0.2) is 10.2 Å². The van der Waals surface area contributed by atoms with Gasteiger partial charge in [0.25, 0.3) is 0 Å². The molecule has 1 heterocycles. The van der Waals surface area contributed by atoms with Crippen molar-refractivity contribution in [2.24, 2.45) is 0 Å². The second-order valence-electron chi connectivity index (χ2n) is 4.26. The highest BCUT2D eigenvalue weighted by Gasteiger charge is 2.06. The summed E-state index contributed by atoms with van der Waals surface area (Å²) in [5.41, 5.74) is 3.79. The molecule has 2 aromatic rings. The molecule has 2 rings (SSSR count). The molecule has 2 N–H and O–H groups in total. The third kappa shape index (κ3) is 2.73. The van der Waals surface area contributed by atoms with Gasteiger partial charge in [0.1, 0.15) is 0 Å². The minimum atomic E-state index is -0.819. The molecule has 18 heavy (non-hydrogen) atoms. The number of nitrogens with zero attached hydrogens (tertiary/aromatic N) is 1. The zero-order valence-corrected chi connectivity index (χ0v) is 10.3. The average Bonchev–Trinajstić information content (AvgIpc) is 2.65. The maximum absolute atomic E-state index is 13.0. The van der Waals surface area contributed by atoms with Gasteiger partial charge in [-0.15, -0.1) is 0 Å². The van der Waals surface area contributed by atoms with Crippen molar-refractivity contribution in [1.82, 2.24) is 15.5 Å². The van der Waals surface area contributed by atoms with Gasteiger partial charge >= 0.3 is 0 Å². The number of aromatic nitrogens is 2. The van der Waals surface area contributed by atoms with Crippen molar-refractivity contribution in [3.05, 3.63) is 52.3 Å². The molecule has 0 bridgehead atoms. The topological polar surface area (TPSA) is 40.7 Å². The van der Waals surface area contributed by atoms with E-state index in [0.29, 0.717) is 18.7 Å². The Bertz CT molecular complexity index is 530. The standard InChI is InChI=1S/C13H15F2N3/c1-8-11(9(2)18-17-8)7-16-6-10-3-4-12(14)13(15)5-10/h3-5,16H,6-7H2,1-2H3,(H,17,18). The Morgan fingerprint density at radius 3 is 2.56 bits per heavy atom. The summed E-state index contributed by atoms with van der Waals surface area (Å²) in [5.74, 6) is -1.63. The fourth-order valence-corrected chi connectivity index (χ4v) is 1.82. The Kier molecular flexibility index (Phi) is 3.72. The summed E-state index contributed by atoms with van der Waals surface area (Å²) in [7, 11) is 0. The summed E-state index contributed by atoms with van der Waals surface area (Å²) in [5, 5.41) is 10.2. The van der Waals surface area contributed by atoms with Crippen LogP contribution in [0.4, 0.5) is 8.78 Å². The van der Waals surface area contributed by atoms with Gasteiger partial charge in [-0.1, -0.05) is 6.07 Å². The van der Waals surface area contributed by atoms with E-state index in [0.717, 1.165) is 23.0 Å². The monoisotopic (exact) mass is 251 g/mol. The van der Waals surface area contributed by atoms with E-state index in [2.05, 4.69) is 15.5 Å². The number of nitrogens with one attached hydrogen (secondary N) is 2. The second-order valence-corrected chi connectivity index (χ2v) is 4.26. The molecule has 1 aromatic carbocycles. The lowest BCUT2D eigenvalue weighted by atomic mass is 10.2. The van der Waals surface area contributed by atoms with E-state index in [4.69, 9.17) is 0 Å².